The Kier molecular flexibility index (Phi) is 7.33. The number of nitrogens with zero attached hydrogens (tertiary/aromatic N) is 6. The zero-order chi connectivity index (χ0) is 21.3. The summed E-state index contributed by atoms with van der Waals surface area (Å²) in [6, 6.07) is 11.9. The Hall–Kier alpha value is -3.13. The number of hydrogen-bond acceptors (Lipinski definition) is 7. The monoisotopic (exact) mass is 416 g/mol. The molecule has 7 heteroatoms. The molecule has 31 heavy (non-hydrogen) atoms. The first-order chi connectivity index (χ1) is 15.3. The van der Waals surface area contributed by atoms with Gasteiger partial charge < -0.3 is 14.5 Å². The average Bonchev–Trinajstić information content (AvgIpc) is 2.85. The second-order valence-corrected chi connectivity index (χ2v) is 7.82. The molecule has 0 aromatic carbocycles. The Bertz CT molecular complexity index is 915. The molecular formula is C24H28N6O. The van der Waals surface area contributed by atoms with Crippen LogP contribution in [-0.2, 0) is 4.74 Å². The van der Waals surface area contributed by atoms with Crippen molar-refractivity contribution in [2.75, 3.05) is 62.2 Å². The van der Waals surface area contributed by atoms with E-state index in [2.05, 4.69) is 48.6 Å². The van der Waals surface area contributed by atoms with Crippen molar-refractivity contribution >= 4 is 11.6 Å². The number of aromatic nitrogens is 2. The summed E-state index contributed by atoms with van der Waals surface area (Å²) in [5, 5.41) is 8.88. The number of nitriles is 1. The van der Waals surface area contributed by atoms with E-state index in [0.29, 0.717) is 12.2 Å². The molecule has 2 aromatic heterocycles. The van der Waals surface area contributed by atoms with E-state index in [1.807, 2.05) is 30.5 Å². The first-order valence-electron chi connectivity index (χ1n) is 10.9. The van der Waals surface area contributed by atoms with Gasteiger partial charge >= 0.3 is 0 Å². The number of piperazine rings is 1. The molecule has 160 valence electrons. The molecule has 4 heterocycles. The summed E-state index contributed by atoms with van der Waals surface area (Å²) >= 11 is 0. The van der Waals surface area contributed by atoms with Gasteiger partial charge in [0.15, 0.2) is 0 Å². The Morgan fingerprint density at radius 3 is 2.35 bits per heavy atom. The molecular weight excluding hydrogens is 388 g/mol. The van der Waals surface area contributed by atoms with Crippen LogP contribution in [0.5, 0.6) is 0 Å². The fraction of sp³-hybridized carbons (Fsp3) is 0.458. The zero-order valence-electron chi connectivity index (χ0n) is 17.8. The summed E-state index contributed by atoms with van der Waals surface area (Å²) in [5.74, 6) is 8.44. The van der Waals surface area contributed by atoms with E-state index < -0.39 is 0 Å². The van der Waals surface area contributed by atoms with Gasteiger partial charge in [-0.05, 0) is 37.1 Å². The lowest BCUT2D eigenvalue weighted by Crippen LogP contribution is -2.46. The van der Waals surface area contributed by atoms with Crippen molar-refractivity contribution in [1.29, 1.82) is 5.26 Å². The molecule has 2 aliphatic heterocycles. The first kappa shape index (κ1) is 21.1. The number of rotatable bonds is 5. The minimum Gasteiger partial charge on any atom is -0.365 e. The van der Waals surface area contributed by atoms with E-state index in [1.165, 1.54) is 0 Å². The van der Waals surface area contributed by atoms with E-state index in [4.69, 9.17) is 10.00 Å². The second kappa shape index (κ2) is 10.8. The number of anilines is 2. The van der Waals surface area contributed by atoms with Crippen LogP contribution in [0.25, 0.3) is 0 Å². The Labute approximate surface area is 184 Å². The third kappa shape index (κ3) is 5.95. The van der Waals surface area contributed by atoms with Gasteiger partial charge in [-0.3, -0.25) is 4.90 Å². The second-order valence-electron chi connectivity index (χ2n) is 7.82. The van der Waals surface area contributed by atoms with Crippen molar-refractivity contribution in [2.24, 2.45) is 0 Å². The summed E-state index contributed by atoms with van der Waals surface area (Å²) in [6.45, 7) is 7.11. The quantitative estimate of drug-likeness (QED) is 0.692. The SMILES string of the molecule is N#Cc1ccc(N2CCC(OCC#CCN3CCN(c4ccccn4)CC3)CC2)nc1. The largest absolute Gasteiger partial charge is 0.365 e. The topological polar surface area (TPSA) is 68.5 Å². The normalized spacial score (nSPS) is 17.6. The van der Waals surface area contributed by atoms with Gasteiger partial charge in [0.1, 0.15) is 24.3 Å². The summed E-state index contributed by atoms with van der Waals surface area (Å²) in [6.07, 6.45) is 5.68. The van der Waals surface area contributed by atoms with Crippen molar-refractivity contribution in [3.8, 4) is 17.9 Å². The lowest BCUT2D eigenvalue weighted by molar-refractivity contribution is 0.0593. The first-order valence-corrected chi connectivity index (χ1v) is 10.9. The minimum atomic E-state index is 0.255. The molecule has 2 aromatic rings. The number of pyridine rings is 2. The van der Waals surface area contributed by atoms with Crippen LogP contribution in [0.2, 0.25) is 0 Å². The smallest absolute Gasteiger partial charge is 0.128 e. The maximum absolute atomic E-state index is 8.88. The lowest BCUT2D eigenvalue weighted by atomic mass is 10.1. The van der Waals surface area contributed by atoms with Gasteiger partial charge in [-0.1, -0.05) is 17.9 Å². The lowest BCUT2D eigenvalue weighted by Gasteiger charge is -2.34. The van der Waals surface area contributed by atoms with Gasteiger partial charge in [0, 0.05) is 51.7 Å². The highest BCUT2D eigenvalue weighted by atomic mass is 16.5. The fourth-order valence-electron chi connectivity index (χ4n) is 3.94. The van der Waals surface area contributed by atoms with Crippen molar-refractivity contribution in [1.82, 2.24) is 14.9 Å². The third-order valence-electron chi connectivity index (χ3n) is 5.81. The molecule has 0 N–H and O–H groups in total. The summed E-state index contributed by atoms with van der Waals surface area (Å²) in [4.78, 5) is 15.8. The molecule has 0 saturated carbocycles. The van der Waals surface area contributed by atoms with Crippen molar-refractivity contribution in [2.45, 2.75) is 18.9 Å². The highest BCUT2D eigenvalue weighted by Crippen LogP contribution is 2.19. The van der Waals surface area contributed by atoms with Crippen molar-refractivity contribution in [3.05, 3.63) is 48.3 Å². The van der Waals surface area contributed by atoms with Gasteiger partial charge in [-0.2, -0.15) is 5.26 Å². The van der Waals surface area contributed by atoms with Gasteiger partial charge in [-0.25, -0.2) is 9.97 Å². The van der Waals surface area contributed by atoms with E-state index in [1.54, 1.807) is 6.20 Å². The fourth-order valence-corrected chi connectivity index (χ4v) is 3.94. The van der Waals surface area contributed by atoms with Crippen LogP contribution in [0, 0.1) is 23.2 Å². The Morgan fingerprint density at radius 2 is 1.68 bits per heavy atom. The van der Waals surface area contributed by atoms with Crippen LogP contribution in [0.3, 0.4) is 0 Å². The molecule has 0 atom stereocenters. The third-order valence-corrected chi connectivity index (χ3v) is 5.81. The number of hydrogen-bond donors (Lipinski definition) is 0. The van der Waals surface area contributed by atoms with E-state index in [-0.39, 0.29) is 6.10 Å². The predicted octanol–water partition coefficient (Wildman–Crippen LogP) is 2.16. The van der Waals surface area contributed by atoms with Crippen LogP contribution in [0.4, 0.5) is 11.6 Å². The Balaban J connectivity index is 1.11. The van der Waals surface area contributed by atoms with Gasteiger partial charge in [-0.15, -0.1) is 0 Å². The molecule has 4 rings (SSSR count). The summed E-state index contributed by atoms with van der Waals surface area (Å²) in [5.41, 5.74) is 0.593. The molecule has 0 aliphatic carbocycles. The minimum absolute atomic E-state index is 0.255. The molecule has 0 amide bonds. The molecule has 0 bridgehead atoms. The van der Waals surface area contributed by atoms with E-state index in [0.717, 1.165) is 70.3 Å². The number of piperidine rings is 1. The zero-order valence-corrected chi connectivity index (χ0v) is 17.8. The number of ether oxygens (including phenoxy) is 1. The molecule has 2 saturated heterocycles. The molecule has 0 spiro atoms. The van der Waals surface area contributed by atoms with Crippen molar-refractivity contribution < 1.29 is 4.74 Å². The Morgan fingerprint density at radius 1 is 0.903 bits per heavy atom. The predicted molar refractivity (Wildman–Crippen MR) is 121 cm³/mol. The van der Waals surface area contributed by atoms with Crippen LogP contribution >= 0.6 is 0 Å². The highest BCUT2D eigenvalue weighted by molar-refractivity contribution is 5.42. The van der Waals surface area contributed by atoms with E-state index >= 15 is 0 Å². The highest BCUT2D eigenvalue weighted by Gasteiger charge is 2.20. The standard InChI is InChI=1S/C24H28N6O/c25-19-21-6-7-24(27-20-21)29-12-8-22(9-13-29)31-18-4-3-11-28-14-16-30(17-15-28)23-5-1-2-10-26-23/h1-2,5-7,10,20,22H,8-9,11-18H2. The summed E-state index contributed by atoms with van der Waals surface area (Å²) in [7, 11) is 0. The van der Waals surface area contributed by atoms with Crippen LogP contribution in [0.1, 0.15) is 18.4 Å². The van der Waals surface area contributed by atoms with E-state index in [9.17, 15) is 0 Å². The summed E-state index contributed by atoms with van der Waals surface area (Å²) < 4.78 is 5.97. The average molecular weight is 417 g/mol. The maximum atomic E-state index is 8.88. The van der Waals surface area contributed by atoms with Crippen LogP contribution < -0.4 is 9.80 Å². The van der Waals surface area contributed by atoms with Crippen LogP contribution in [-0.4, -0.2) is 73.4 Å². The molecule has 2 fully saturated rings. The molecule has 0 radical (unpaired) electrons. The molecule has 7 nitrogen and oxygen atoms in total. The molecule has 2 aliphatic rings. The molecule has 0 unspecified atom stereocenters. The maximum Gasteiger partial charge on any atom is 0.128 e. The van der Waals surface area contributed by atoms with Gasteiger partial charge in [0.05, 0.1) is 18.2 Å². The van der Waals surface area contributed by atoms with Crippen LogP contribution in [0.15, 0.2) is 42.7 Å². The van der Waals surface area contributed by atoms with Gasteiger partial charge in [0.25, 0.3) is 0 Å². The van der Waals surface area contributed by atoms with Crippen molar-refractivity contribution in [3.63, 3.8) is 0 Å². The van der Waals surface area contributed by atoms with Gasteiger partial charge in [0.2, 0.25) is 0 Å².